The largest absolute Gasteiger partial charge is 0.497 e. The number of ether oxygens (including phenoxy) is 2. The van der Waals surface area contributed by atoms with Gasteiger partial charge < -0.3 is 24.2 Å². The first kappa shape index (κ1) is 18.1. The number of rotatable bonds is 5. The Morgan fingerprint density at radius 3 is 2.50 bits per heavy atom. The topological polar surface area (TPSA) is 76.8 Å². The number of nitrogens with one attached hydrogen (secondary N) is 1. The number of likely N-dealkylation sites (tertiary alicyclic amines) is 1. The molecule has 1 aliphatic rings. The van der Waals surface area contributed by atoms with Crippen LogP contribution in [0, 0.1) is 0 Å². The number of benzene rings is 1. The van der Waals surface area contributed by atoms with Crippen molar-refractivity contribution in [3.63, 3.8) is 0 Å². The Kier molecular flexibility index (Phi) is 5.35. The number of nitrogens with zero attached hydrogens (tertiary/aromatic N) is 2. The summed E-state index contributed by atoms with van der Waals surface area (Å²) in [5, 5.41) is 7.04. The van der Waals surface area contributed by atoms with Crippen LogP contribution in [0.2, 0.25) is 0 Å². The van der Waals surface area contributed by atoms with Gasteiger partial charge in [0.1, 0.15) is 11.5 Å². The van der Waals surface area contributed by atoms with E-state index in [2.05, 4.69) is 24.3 Å². The zero-order chi connectivity index (χ0) is 18.7. The van der Waals surface area contributed by atoms with Gasteiger partial charge in [0, 0.05) is 36.5 Å². The van der Waals surface area contributed by atoms with Gasteiger partial charge in [0.05, 0.1) is 26.0 Å². The molecule has 0 spiro atoms. The molecule has 1 aromatic carbocycles. The van der Waals surface area contributed by atoms with E-state index in [0.717, 1.165) is 24.3 Å². The van der Waals surface area contributed by atoms with Crippen LogP contribution >= 0.6 is 0 Å². The van der Waals surface area contributed by atoms with Crippen molar-refractivity contribution >= 4 is 11.7 Å². The lowest BCUT2D eigenvalue weighted by molar-refractivity contribution is 0.195. The summed E-state index contributed by atoms with van der Waals surface area (Å²) in [7, 11) is 3.15. The summed E-state index contributed by atoms with van der Waals surface area (Å²) in [4.78, 5) is 14.6. The van der Waals surface area contributed by atoms with Crippen molar-refractivity contribution in [3.8, 4) is 11.5 Å². The molecule has 26 heavy (non-hydrogen) atoms. The monoisotopic (exact) mass is 359 g/mol. The van der Waals surface area contributed by atoms with E-state index >= 15 is 0 Å². The van der Waals surface area contributed by atoms with Gasteiger partial charge in [-0.2, -0.15) is 0 Å². The van der Waals surface area contributed by atoms with Crippen molar-refractivity contribution in [2.75, 3.05) is 26.1 Å². The molecule has 1 saturated heterocycles. The summed E-state index contributed by atoms with van der Waals surface area (Å²) in [5.41, 5.74) is 1.53. The van der Waals surface area contributed by atoms with Gasteiger partial charge in [-0.25, -0.2) is 4.79 Å². The molecule has 2 amide bonds. The molecular formula is C19H25N3O4. The molecule has 1 aliphatic heterocycles. The van der Waals surface area contributed by atoms with Crippen LogP contribution < -0.4 is 14.8 Å². The molecule has 0 aliphatic carbocycles. The SMILES string of the molecule is COc1cc(NC(=O)N2CCC[C@H]2c2cc(C(C)C)no2)cc(OC)c1. The molecule has 1 aromatic heterocycles. The minimum absolute atomic E-state index is 0.0949. The van der Waals surface area contributed by atoms with Crippen molar-refractivity contribution in [2.45, 2.75) is 38.6 Å². The standard InChI is InChI=1S/C19H25N3O4/c1-12(2)16-11-18(26-21-16)17-6-5-7-22(17)19(23)20-13-8-14(24-3)10-15(9-13)25-4/h8-12,17H,5-7H2,1-4H3,(H,20,23)/t17-/m0/s1. The van der Waals surface area contributed by atoms with Gasteiger partial charge in [-0.05, 0) is 18.8 Å². The second kappa shape index (κ2) is 7.68. The highest BCUT2D eigenvalue weighted by molar-refractivity contribution is 5.90. The summed E-state index contributed by atoms with van der Waals surface area (Å²) >= 11 is 0. The minimum Gasteiger partial charge on any atom is -0.497 e. The van der Waals surface area contributed by atoms with E-state index in [1.165, 1.54) is 0 Å². The van der Waals surface area contributed by atoms with Crippen molar-refractivity contribution in [1.82, 2.24) is 10.1 Å². The maximum atomic E-state index is 12.8. The number of urea groups is 1. The van der Waals surface area contributed by atoms with Gasteiger partial charge in [-0.3, -0.25) is 0 Å². The van der Waals surface area contributed by atoms with Crippen molar-refractivity contribution in [2.24, 2.45) is 0 Å². The summed E-state index contributed by atoms with van der Waals surface area (Å²) < 4.78 is 16.0. The van der Waals surface area contributed by atoms with Crippen LogP contribution in [0.1, 0.15) is 50.1 Å². The molecule has 2 aromatic rings. The molecular weight excluding hydrogens is 334 g/mol. The Bertz CT molecular complexity index is 750. The van der Waals surface area contributed by atoms with Crippen LogP contribution in [-0.2, 0) is 0 Å². The van der Waals surface area contributed by atoms with Crippen LogP contribution in [0.25, 0.3) is 0 Å². The second-order valence-corrected chi connectivity index (χ2v) is 6.69. The number of carbonyl (C=O) groups is 1. The predicted molar refractivity (Wildman–Crippen MR) is 97.8 cm³/mol. The first-order valence-corrected chi connectivity index (χ1v) is 8.79. The van der Waals surface area contributed by atoms with Crippen molar-refractivity contribution in [1.29, 1.82) is 0 Å². The van der Waals surface area contributed by atoms with E-state index in [1.54, 1.807) is 37.3 Å². The van der Waals surface area contributed by atoms with Gasteiger partial charge in [-0.1, -0.05) is 19.0 Å². The Morgan fingerprint density at radius 1 is 1.23 bits per heavy atom. The number of methoxy groups -OCH3 is 2. The summed E-state index contributed by atoms with van der Waals surface area (Å²) in [6, 6.07) is 6.96. The van der Waals surface area contributed by atoms with Crippen LogP contribution in [0.15, 0.2) is 28.8 Å². The van der Waals surface area contributed by atoms with Crippen molar-refractivity contribution < 1.29 is 18.8 Å². The van der Waals surface area contributed by atoms with E-state index in [1.807, 2.05) is 6.07 Å². The second-order valence-electron chi connectivity index (χ2n) is 6.69. The molecule has 0 saturated carbocycles. The third kappa shape index (κ3) is 3.76. The van der Waals surface area contributed by atoms with E-state index in [0.29, 0.717) is 29.6 Å². The molecule has 7 heteroatoms. The lowest BCUT2D eigenvalue weighted by Crippen LogP contribution is -2.34. The lowest BCUT2D eigenvalue weighted by Gasteiger charge is -2.23. The zero-order valence-corrected chi connectivity index (χ0v) is 15.6. The Morgan fingerprint density at radius 2 is 1.92 bits per heavy atom. The fourth-order valence-corrected chi connectivity index (χ4v) is 3.11. The Labute approximate surface area is 153 Å². The van der Waals surface area contributed by atoms with E-state index in [4.69, 9.17) is 14.0 Å². The average molecular weight is 359 g/mol. The van der Waals surface area contributed by atoms with Crippen LogP contribution in [0.3, 0.4) is 0 Å². The minimum atomic E-state index is -0.176. The van der Waals surface area contributed by atoms with Crippen LogP contribution in [0.5, 0.6) is 11.5 Å². The third-order valence-electron chi connectivity index (χ3n) is 4.58. The molecule has 0 bridgehead atoms. The van der Waals surface area contributed by atoms with E-state index in [9.17, 15) is 4.79 Å². The number of hydrogen-bond donors (Lipinski definition) is 1. The maximum absolute atomic E-state index is 12.8. The highest BCUT2D eigenvalue weighted by Gasteiger charge is 2.33. The van der Waals surface area contributed by atoms with Crippen molar-refractivity contribution in [3.05, 3.63) is 35.7 Å². The zero-order valence-electron chi connectivity index (χ0n) is 15.6. The normalized spacial score (nSPS) is 16.8. The summed E-state index contributed by atoms with van der Waals surface area (Å²) in [6.07, 6.45) is 1.79. The molecule has 1 N–H and O–H groups in total. The highest BCUT2D eigenvalue weighted by Crippen LogP contribution is 2.34. The van der Waals surface area contributed by atoms with E-state index < -0.39 is 0 Å². The molecule has 3 rings (SSSR count). The van der Waals surface area contributed by atoms with Crippen LogP contribution in [-0.4, -0.2) is 36.9 Å². The number of amides is 2. The fraction of sp³-hybridized carbons (Fsp3) is 0.474. The molecule has 2 heterocycles. The molecule has 0 unspecified atom stereocenters. The van der Waals surface area contributed by atoms with E-state index in [-0.39, 0.29) is 12.1 Å². The number of carbonyl (C=O) groups excluding carboxylic acids is 1. The molecule has 7 nitrogen and oxygen atoms in total. The molecule has 140 valence electrons. The number of anilines is 1. The Hall–Kier alpha value is -2.70. The van der Waals surface area contributed by atoms with Crippen LogP contribution in [0.4, 0.5) is 10.5 Å². The Balaban J connectivity index is 1.76. The van der Waals surface area contributed by atoms with Gasteiger partial charge in [0.2, 0.25) is 0 Å². The molecule has 0 radical (unpaired) electrons. The highest BCUT2D eigenvalue weighted by atomic mass is 16.5. The first-order chi connectivity index (χ1) is 12.5. The average Bonchev–Trinajstić information content (AvgIpc) is 3.30. The smallest absolute Gasteiger partial charge is 0.322 e. The molecule has 1 fully saturated rings. The molecule has 1 atom stereocenters. The van der Waals surface area contributed by atoms with Gasteiger partial charge in [-0.15, -0.1) is 0 Å². The first-order valence-electron chi connectivity index (χ1n) is 8.79. The predicted octanol–water partition coefficient (Wildman–Crippen LogP) is 4.18. The third-order valence-corrected chi connectivity index (χ3v) is 4.58. The summed E-state index contributed by atoms with van der Waals surface area (Å²) in [6.45, 7) is 4.81. The maximum Gasteiger partial charge on any atom is 0.322 e. The lowest BCUT2D eigenvalue weighted by atomic mass is 10.1. The number of hydrogen-bond acceptors (Lipinski definition) is 5. The number of aromatic nitrogens is 1. The van der Waals surface area contributed by atoms with Gasteiger partial charge in [0.25, 0.3) is 0 Å². The quantitative estimate of drug-likeness (QED) is 0.866. The fourth-order valence-electron chi connectivity index (χ4n) is 3.11. The van der Waals surface area contributed by atoms with Gasteiger partial charge in [0.15, 0.2) is 5.76 Å². The summed E-state index contributed by atoms with van der Waals surface area (Å²) in [5.74, 6) is 2.27. The van der Waals surface area contributed by atoms with Gasteiger partial charge >= 0.3 is 6.03 Å².